The lowest BCUT2D eigenvalue weighted by Gasteiger charge is -2.20. The normalized spacial score (nSPS) is 21.9. The van der Waals surface area contributed by atoms with Gasteiger partial charge in [-0.2, -0.15) is 4.98 Å². The van der Waals surface area contributed by atoms with Gasteiger partial charge in [0.15, 0.2) is 5.82 Å². The van der Waals surface area contributed by atoms with Crippen molar-refractivity contribution in [2.45, 2.75) is 69.7 Å². The van der Waals surface area contributed by atoms with Crippen LogP contribution in [0.15, 0.2) is 4.52 Å². The first-order chi connectivity index (χ1) is 10.7. The third-order valence-electron chi connectivity index (χ3n) is 5.02. The van der Waals surface area contributed by atoms with E-state index in [9.17, 15) is 4.79 Å². The summed E-state index contributed by atoms with van der Waals surface area (Å²) in [5.74, 6) is 1.55. The number of nitrogens with two attached hydrogens (primary N) is 1. The Labute approximate surface area is 131 Å². The molecule has 1 aromatic rings. The molecule has 0 spiro atoms. The number of carbonyl (C=O) groups is 1. The second-order valence-corrected chi connectivity index (χ2v) is 6.75. The van der Waals surface area contributed by atoms with Crippen LogP contribution in [0.3, 0.4) is 0 Å². The van der Waals surface area contributed by atoms with Gasteiger partial charge in [-0.15, -0.1) is 0 Å². The van der Waals surface area contributed by atoms with E-state index in [1.54, 1.807) is 0 Å². The maximum atomic E-state index is 12.1. The molecule has 0 saturated heterocycles. The minimum atomic E-state index is -0.410. The molecule has 0 bridgehead atoms. The van der Waals surface area contributed by atoms with Crippen LogP contribution in [0.1, 0.15) is 69.5 Å². The molecule has 2 saturated carbocycles. The number of nitrogens with zero attached hydrogens (tertiary/aromatic N) is 2. The predicted molar refractivity (Wildman–Crippen MR) is 81.9 cm³/mol. The van der Waals surface area contributed by atoms with Gasteiger partial charge >= 0.3 is 0 Å². The molecule has 1 heterocycles. The number of hydrogen-bond donors (Lipinski definition) is 2. The predicted octanol–water partition coefficient (Wildman–Crippen LogP) is 2.04. The van der Waals surface area contributed by atoms with Gasteiger partial charge < -0.3 is 15.6 Å². The van der Waals surface area contributed by atoms with Crippen molar-refractivity contribution in [2.75, 3.05) is 6.54 Å². The van der Waals surface area contributed by atoms with Crippen molar-refractivity contribution < 1.29 is 9.32 Å². The van der Waals surface area contributed by atoms with E-state index in [1.165, 1.54) is 19.3 Å². The first-order valence-corrected chi connectivity index (χ1v) is 8.57. The zero-order valence-electron chi connectivity index (χ0n) is 13.1. The van der Waals surface area contributed by atoms with Gasteiger partial charge in [-0.25, -0.2) is 0 Å². The van der Waals surface area contributed by atoms with Gasteiger partial charge in [0.05, 0.1) is 5.54 Å². The molecule has 0 aliphatic heterocycles. The third-order valence-corrected chi connectivity index (χ3v) is 5.02. The van der Waals surface area contributed by atoms with Crippen molar-refractivity contribution in [3.8, 4) is 0 Å². The van der Waals surface area contributed by atoms with Crippen LogP contribution >= 0.6 is 0 Å². The van der Waals surface area contributed by atoms with E-state index in [4.69, 9.17) is 10.3 Å². The second-order valence-electron chi connectivity index (χ2n) is 6.75. The van der Waals surface area contributed by atoms with Crippen molar-refractivity contribution in [3.63, 3.8) is 0 Å². The van der Waals surface area contributed by atoms with Gasteiger partial charge in [-0.05, 0) is 25.7 Å². The number of amides is 1. The largest absolute Gasteiger partial charge is 0.355 e. The molecule has 1 amide bonds. The van der Waals surface area contributed by atoms with Crippen molar-refractivity contribution in [1.82, 2.24) is 15.5 Å². The molecule has 0 aromatic carbocycles. The summed E-state index contributed by atoms with van der Waals surface area (Å²) < 4.78 is 5.28. The lowest BCUT2D eigenvalue weighted by atomic mass is 9.89. The summed E-state index contributed by atoms with van der Waals surface area (Å²) in [5.41, 5.74) is 5.90. The molecular weight excluding hydrogens is 280 g/mol. The van der Waals surface area contributed by atoms with Crippen molar-refractivity contribution >= 4 is 5.91 Å². The van der Waals surface area contributed by atoms with Crippen LogP contribution in [0.4, 0.5) is 0 Å². The lowest BCUT2D eigenvalue weighted by molar-refractivity contribution is -0.125. The molecule has 122 valence electrons. The summed E-state index contributed by atoms with van der Waals surface area (Å²) in [6.45, 7) is 0.550. The fourth-order valence-corrected chi connectivity index (χ4v) is 3.59. The zero-order valence-corrected chi connectivity index (χ0v) is 13.1. The molecule has 22 heavy (non-hydrogen) atoms. The van der Waals surface area contributed by atoms with Crippen LogP contribution in [0.25, 0.3) is 0 Å². The minimum Gasteiger partial charge on any atom is -0.355 e. The fourth-order valence-electron chi connectivity index (χ4n) is 3.59. The van der Waals surface area contributed by atoms with E-state index in [1.807, 2.05) is 0 Å². The molecule has 1 aromatic heterocycles. The second kappa shape index (κ2) is 6.77. The molecule has 2 fully saturated rings. The number of rotatable bonds is 5. The van der Waals surface area contributed by atoms with Crippen LogP contribution < -0.4 is 11.1 Å². The van der Waals surface area contributed by atoms with Crippen LogP contribution in [-0.4, -0.2) is 22.6 Å². The average Bonchev–Trinajstić information content (AvgIpc) is 3.18. The third kappa shape index (κ3) is 3.48. The summed E-state index contributed by atoms with van der Waals surface area (Å²) >= 11 is 0. The van der Waals surface area contributed by atoms with Crippen LogP contribution in [0, 0.1) is 5.92 Å². The Morgan fingerprint density at radius 2 is 1.95 bits per heavy atom. The van der Waals surface area contributed by atoms with E-state index in [-0.39, 0.29) is 11.8 Å². The Morgan fingerprint density at radius 1 is 1.23 bits per heavy atom. The quantitative estimate of drug-likeness (QED) is 0.868. The molecule has 3 rings (SSSR count). The van der Waals surface area contributed by atoms with Crippen LogP contribution in [0.5, 0.6) is 0 Å². The lowest BCUT2D eigenvalue weighted by Crippen LogP contribution is -2.34. The fraction of sp³-hybridized carbons (Fsp3) is 0.812. The van der Waals surface area contributed by atoms with Gasteiger partial charge in [0.25, 0.3) is 0 Å². The van der Waals surface area contributed by atoms with Crippen molar-refractivity contribution in [1.29, 1.82) is 0 Å². The minimum absolute atomic E-state index is 0.172. The van der Waals surface area contributed by atoms with Crippen LogP contribution in [0.2, 0.25) is 0 Å². The molecule has 6 heteroatoms. The van der Waals surface area contributed by atoms with Gasteiger partial charge in [0, 0.05) is 18.9 Å². The van der Waals surface area contributed by atoms with Gasteiger partial charge in [0.1, 0.15) is 0 Å². The summed E-state index contributed by atoms with van der Waals surface area (Å²) in [5, 5.41) is 7.02. The smallest absolute Gasteiger partial charge is 0.228 e. The Balaban J connectivity index is 1.46. The van der Waals surface area contributed by atoms with Crippen molar-refractivity contribution in [3.05, 3.63) is 11.7 Å². The highest BCUT2D eigenvalue weighted by Gasteiger charge is 2.35. The van der Waals surface area contributed by atoms with E-state index >= 15 is 0 Å². The maximum Gasteiger partial charge on any atom is 0.228 e. The number of hydrogen-bond acceptors (Lipinski definition) is 5. The van der Waals surface area contributed by atoms with E-state index < -0.39 is 5.54 Å². The molecule has 0 atom stereocenters. The first kappa shape index (κ1) is 15.5. The summed E-state index contributed by atoms with van der Waals surface area (Å²) in [6.07, 6.45) is 10.3. The first-order valence-electron chi connectivity index (χ1n) is 8.57. The Morgan fingerprint density at radius 3 is 2.68 bits per heavy atom. The number of carbonyl (C=O) groups excluding carboxylic acids is 1. The SMILES string of the molecule is NC1(c2noc(CCNC(=O)C3CCCCC3)n2)CCCC1. The highest BCUT2D eigenvalue weighted by atomic mass is 16.5. The molecule has 0 unspecified atom stereocenters. The summed E-state index contributed by atoms with van der Waals surface area (Å²) in [7, 11) is 0. The van der Waals surface area contributed by atoms with E-state index in [2.05, 4.69) is 15.5 Å². The zero-order chi connectivity index (χ0) is 15.4. The van der Waals surface area contributed by atoms with E-state index in [0.717, 1.165) is 38.5 Å². The monoisotopic (exact) mass is 306 g/mol. The standard InChI is InChI=1S/C16H26N4O2/c17-16(9-4-5-10-16)15-19-13(22-20-15)8-11-18-14(21)12-6-2-1-3-7-12/h12H,1-11,17H2,(H,18,21). The van der Waals surface area contributed by atoms with Gasteiger partial charge in [-0.1, -0.05) is 37.3 Å². The molecule has 2 aliphatic rings. The Kier molecular flexibility index (Phi) is 4.76. The van der Waals surface area contributed by atoms with Crippen molar-refractivity contribution in [2.24, 2.45) is 11.7 Å². The number of aromatic nitrogens is 2. The van der Waals surface area contributed by atoms with E-state index in [0.29, 0.717) is 24.7 Å². The summed E-state index contributed by atoms with van der Waals surface area (Å²) in [6, 6.07) is 0. The van der Waals surface area contributed by atoms with Gasteiger partial charge in [0.2, 0.25) is 11.8 Å². The number of nitrogens with one attached hydrogen (secondary N) is 1. The highest BCUT2D eigenvalue weighted by Crippen LogP contribution is 2.34. The summed E-state index contributed by atoms with van der Waals surface area (Å²) in [4.78, 5) is 16.5. The maximum absolute atomic E-state index is 12.1. The molecule has 0 radical (unpaired) electrons. The molecular formula is C16H26N4O2. The molecule has 3 N–H and O–H groups in total. The molecule has 2 aliphatic carbocycles. The Bertz CT molecular complexity index is 502. The average molecular weight is 306 g/mol. The van der Waals surface area contributed by atoms with Gasteiger partial charge in [-0.3, -0.25) is 4.79 Å². The highest BCUT2D eigenvalue weighted by molar-refractivity contribution is 5.78. The topological polar surface area (TPSA) is 94.0 Å². The van der Waals surface area contributed by atoms with Crippen LogP contribution in [-0.2, 0) is 16.8 Å². The Hall–Kier alpha value is -1.43. The molecule has 6 nitrogen and oxygen atoms in total.